The van der Waals surface area contributed by atoms with Gasteiger partial charge in [0.15, 0.2) is 0 Å². The fraction of sp³-hybridized carbons (Fsp3) is 0.471. The third-order valence-corrected chi connectivity index (χ3v) is 4.31. The highest BCUT2D eigenvalue weighted by molar-refractivity contribution is 5.84. The van der Waals surface area contributed by atoms with E-state index in [9.17, 15) is 4.79 Å². The summed E-state index contributed by atoms with van der Waals surface area (Å²) in [5.41, 5.74) is 2.27. The summed E-state index contributed by atoms with van der Waals surface area (Å²) in [6.45, 7) is 5.52. The van der Waals surface area contributed by atoms with Gasteiger partial charge in [0.2, 0.25) is 0 Å². The van der Waals surface area contributed by atoms with Crippen LogP contribution in [0.2, 0.25) is 0 Å². The predicted molar refractivity (Wildman–Crippen MR) is 83.3 cm³/mol. The second-order valence-corrected chi connectivity index (χ2v) is 5.81. The van der Waals surface area contributed by atoms with Gasteiger partial charge in [-0.25, -0.2) is 0 Å². The highest BCUT2D eigenvalue weighted by Gasteiger charge is 2.10. The van der Waals surface area contributed by atoms with Crippen LogP contribution in [0.15, 0.2) is 29.1 Å². The zero-order valence-corrected chi connectivity index (χ0v) is 12.1. The molecule has 1 aromatic carbocycles. The molecule has 106 valence electrons. The molecular formula is C17H22N2O. The first-order chi connectivity index (χ1) is 9.74. The Hall–Kier alpha value is -1.61. The molecule has 1 aromatic heterocycles. The molecule has 3 rings (SSSR count). The molecule has 2 heterocycles. The number of hydrogen-bond acceptors (Lipinski definition) is 2. The van der Waals surface area contributed by atoms with Gasteiger partial charge in [-0.15, -0.1) is 0 Å². The lowest BCUT2D eigenvalue weighted by molar-refractivity contribution is 0.231. The molecule has 1 saturated heterocycles. The van der Waals surface area contributed by atoms with Crippen molar-refractivity contribution in [3.8, 4) is 0 Å². The number of rotatable bonds is 3. The van der Waals surface area contributed by atoms with E-state index in [0.717, 1.165) is 29.4 Å². The molecule has 0 aliphatic carbocycles. The number of nitrogens with zero attached hydrogens (tertiary/aromatic N) is 1. The van der Waals surface area contributed by atoms with Crippen LogP contribution < -0.4 is 5.56 Å². The summed E-state index contributed by atoms with van der Waals surface area (Å²) in [5, 5.41) is 1.89. The van der Waals surface area contributed by atoms with Crippen LogP contribution in [0, 0.1) is 6.92 Å². The van der Waals surface area contributed by atoms with Crippen LogP contribution in [0.5, 0.6) is 0 Å². The fourth-order valence-corrected chi connectivity index (χ4v) is 3.09. The van der Waals surface area contributed by atoms with Crippen molar-refractivity contribution >= 4 is 10.8 Å². The third-order valence-electron chi connectivity index (χ3n) is 4.31. The topological polar surface area (TPSA) is 36.1 Å². The molecule has 1 fully saturated rings. The van der Waals surface area contributed by atoms with Gasteiger partial charge in [0, 0.05) is 24.0 Å². The first-order valence-corrected chi connectivity index (χ1v) is 7.58. The minimum Gasteiger partial charge on any atom is -0.326 e. The number of fused-ring (bicyclic) bond motifs is 1. The van der Waals surface area contributed by atoms with Gasteiger partial charge in [-0.1, -0.05) is 18.6 Å². The van der Waals surface area contributed by atoms with Crippen LogP contribution in [-0.4, -0.2) is 29.5 Å². The van der Waals surface area contributed by atoms with Crippen molar-refractivity contribution in [3.63, 3.8) is 0 Å². The minimum atomic E-state index is 0.0415. The maximum absolute atomic E-state index is 12.1. The number of aromatic nitrogens is 1. The van der Waals surface area contributed by atoms with Crippen molar-refractivity contribution in [2.75, 3.05) is 19.6 Å². The number of pyridine rings is 1. The lowest BCUT2D eigenvalue weighted by Gasteiger charge is -2.26. The molecule has 0 unspecified atom stereocenters. The van der Waals surface area contributed by atoms with Gasteiger partial charge in [0.1, 0.15) is 0 Å². The number of hydrogen-bond donors (Lipinski definition) is 1. The molecule has 1 aliphatic heterocycles. The van der Waals surface area contributed by atoms with Crippen molar-refractivity contribution in [3.05, 3.63) is 45.9 Å². The summed E-state index contributed by atoms with van der Waals surface area (Å²) in [6.07, 6.45) is 4.92. The molecule has 2 aromatic rings. The molecule has 0 bridgehead atoms. The van der Waals surface area contributed by atoms with E-state index in [0.29, 0.717) is 0 Å². The van der Waals surface area contributed by atoms with Crippen molar-refractivity contribution in [2.45, 2.75) is 32.6 Å². The average Bonchev–Trinajstić information content (AvgIpc) is 2.47. The fourth-order valence-electron chi connectivity index (χ4n) is 3.09. The molecule has 0 amide bonds. The monoisotopic (exact) mass is 270 g/mol. The van der Waals surface area contributed by atoms with E-state index in [4.69, 9.17) is 0 Å². The van der Waals surface area contributed by atoms with Crippen LogP contribution in [0.1, 0.15) is 30.5 Å². The lowest BCUT2D eigenvalue weighted by Crippen LogP contribution is -2.31. The van der Waals surface area contributed by atoms with E-state index in [1.54, 1.807) is 0 Å². The Morgan fingerprint density at radius 2 is 1.95 bits per heavy atom. The standard InChI is InChI=1S/C17H22N2O/c1-13-6-5-7-15-16(13)12-14(18-17(15)20)8-11-19-9-3-2-4-10-19/h5-7,12H,2-4,8-11H2,1H3,(H,18,20). The summed E-state index contributed by atoms with van der Waals surface area (Å²) in [5.74, 6) is 0. The quantitative estimate of drug-likeness (QED) is 0.931. The van der Waals surface area contributed by atoms with Crippen LogP contribution in [-0.2, 0) is 6.42 Å². The number of nitrogens with one attached hydrogen (secondary N) is 1. The minimum absolute atomic E-state index is 0.0415. The van der Waals surface area contributed by atoms with Gasteiger partial charge < -0.3 is 9.88 Å². The molecule has 3 heteroatoms. The molecule has 3 nitrogen and oxygen atoms in total. The Kier molecular flexibility index (Phi) is 3.88. The number of H-pyrrole nitrogens is 1. The molecule has 0 spiro atoms. The SMILES string of the molecule is Cc1cccc2c(=O)[nH]c(CCN3CCCCC3)cc12. The number of aromatic amines is 1. The van der Waals surface area contributed by atoms with Gasteiger partial charge in [-0.2, -0.15) is 0 Å². The van der Waals surface area contributed by atoms with Gasteiger partial charge >= 0.3 is 0 Å². The lowest BCUT2D eigenvalue weighted by atomic mass is 10.1. The van der Waals surface area contributed by atoms with E-state index in [2.05, 4.69) is 28.9 Å². The average molecular weight is 270 g/mol. The van der Waals surface area contributed by atoms with Gasteiger partial charge in [-0.05, 0) is 55.9 Å². The summed E-state index contributed by atoms with van der Waals surface area (Å²) in [6, 6.07) is 8.06. The summed E-state index contributed by atoms with van der Waals surface area (Å²) < 4.78 is 0. The van der Waals surface area contributed by atoms with E-state index < -0.39 is 0 Å². The van der Waals surface area contributed by atoms with E-state index in [-0.39, 0.29) is 5.56 Å². The Morgan fingerprint density at radius 1 is 1.15 bits per heavy atom. The second-order valence-electron chi connectivity index (χ2n) is 5.81. The Balaban J connectivity index is 1.81. The maximum Gasteiger partial charge on any atom is 0.256 e. The molecule has 1 aliphatic rings. The number of benzene rings is 1. The molecule has 1 N–H and O–H groups in total. The number of piperidine rings is 1. The van der Waals surface area contributed by atoms with Crippen molar-refractivity contribution in [2.24, 2.45) is 0 Å². The first-order valence-electron chi connectivity index (χ1n) is 7.58. The molecule has 20 heavy (non-hydrogen) atoms. The van der Waals surface area contributed by atoms with E-state index >= 15 is 0 Å². The second kappa shape index (κ2) is 5.80. The smallest absolute Gasteiger partial charge is 0.256 e. The first kappa shape index (κ1) is 13.4. The van der Waals surface area contributed by atoms with Crippen LogP contribution in [0.25, 0.3) is 10.8 Å². The Bertz CT molecular complexity index is 654. The molecule has 0 saturated carbocycles. The molecule has 0 radical (unpaired) electrons. The Labute approximate surface area is 119 Å². The van der Waals surface area contributed by atoms with E-state index in [1.807, 2.05) is 12.1 Å². The summed E-state index contributed by atoms with van der Waals surface area (Å²) in [7, 11) is 0. The van der Waals surface area contributed by atoms with Gasteiger partial charge in [0.05, 0.1) is 0 Å². The van der Waals surface area contributed by atoms with Crippen LogP contribution in [0.4, 0.5) is 0 Å². The number of aryl methyl sites for hydroxylation is 1. The zero-order valence-electron chi connectivity index (χ0n) is 12.1. The predicted octanol–water partition coefficient (Wildman–Crippen LogP) is 2.86. The highest BCUT2D eigenvalue weighted by Crippen LogP contribution is 2.16. The maximum atomic E-state index is 12.1. The largest absolute Gasteiger partial charge is 0.326 e. The van der Waals surface area contributed by atoms with E-state index in [1.165, 1.54) is 37.9 Å². The summed E-state index contributed by atoms with van der Waals surface area (Å²) in [4.78, 5) is 17.7. The third kappa shape index (κ3) is 2.78. The van der Waals surface area contributed by atoms with Crippen molar-refractivity contribution < 1.29 is 0 Å². The molecular weight excluding hydrogens is 248 g/mol. The van der Waals surface area contributed by atoms with Crippen LogP contribution >= 0.6 is 0 Å². The van der Waals surface area contributed by atoms with Crippen molar-refractivity contribution in [1.29, 1.82) is 0 Å². The Morgan fingerprint density at radius 3 is 2.75 bits per heavy atom. The van der Waals surface area contributed by atoms with Gasteiger partial charge in [-0.3, -0.25) is 4.79 Å². The summed E-state index contributed by atoms with van der Waals surface area (Å²) >= 11 is 0. The van der Waals surface area contributed by atoms with Gasteiger partial charge in [0.25, 0.3) is 5.56 Å². The zero-order chi connectivity index (χ0) is 13.9. The molecule has 0 atom stereocenters. The van der Waals surface area contributed by atoms with Crippen molar-refractivity contribution in [1.82, 2.24) is 9.88 Å². The number of likely N-dealkylation sites (tertiary alicyclic amines) is 1. The normalized spacial score (nSPS) is 16.6. The highest BCUT2D eigenvalue weighted by atomic mass is 16.1. The van der Waals surface area contributed by atoms with Crippen LogP contribution in [0.3, 0.4) is 0 Å².